The lowest BCUT2D eigenvalue weighted by molar-refractivity contribution is 0.914. The summed E-state index contributed by atoms with van der Waals surface area (Å²) in [7, 11) is 0. The van der Waals surface area contributed by atoms with Gasteiger partial charge >= 0.3 is 0 Å². The first-order valence-corrected chi connectivity index (χ1v) is 7.18. The minimum atomic E-state index is 0.0430. The SMILES string of the molecule is Cc1ccc(CC(Cl)c2ccc(C)c(C)c2)cc1C. The Kier molecular flexibility index (Phi) is 4.31. The van der Waals surface area contributed by atoms with Gasteiger partial charge in [0.25, 0.3) is 0 Å². The Bertz CT molecular complexity index is 584. The molecule has 0 aliphatic rings. The molecule has 0 radical (unpaired) electrons. The number of alkyl halides is 1. The molecule has 0 aliphatic carbocycles. The van der Waals surface area contributed by atoms with Crippen molar-refractivity contribution in [3.63, 3.8) is 0 Å². The monoisotopic (exact) mass is 272 g/mol. The van der Waals surface area contributed by atoms with Gasteiger partial charge in [-0.1, -0.05) is 36.4 Å². The van der Waals surface area contributed by atoms with E-state index >= 15 is 0 Å². The third-order valence-electron chi connectivity index (χ3n) is 3.88. The molecule has 2 aromatic rings. The number of rotatable bonds is 3. The minimum absolute atomic E-state index is 0.0430. The summed E-state index contributed by atoms with van der Waals surface area (Å²) in [4.78, 5) is 0. The Morgan fingerprint density at radius 2 is 1.37 bits per heavy atom. The van der Waals surface area contributed by atoms with E-state index in [0.29, 0.717) is 0 Å². The highest BCUT2D eigenvalue weighted by Gasteiger charge is 2.10. The van der Waals surface area contributed by atoms with Crippen LogP contribution in [0.25, 0.3) is 0 Å². The van der Waals surface area contributed by atoms with Crippen LogP contribution in [0.4, 0.5) is 0 Å². The first kappa shape index (κ1) is 14.1. The molecule has 0 N–H and O–H groups in total. The van der Waals surface area contributed by atoms with Crippen LogP contribution in [-0.2, 0) is 6.42 Å². The van der Waals surface area contributed by atoms with E-state index in [0.717, 1.165) is 6.42 Å². The highest BCUT2D eigenvalue weighted by atomic mass is 35.5. The third kappa shape index (κ3) is 3.39. The molecule has 1 heteroatoms. The lowest BCUT2D eigenvalue weighted by Crippen LogP contribution is -1.98. The van der Waals surface area contributed by atoms with Gasteiger partial charge in [-0.3, -0.25) is 0 Å². The molecule has 2 rings (SSSR count). The molecular formula is C18H21Cl. The summed E-state index contributed by atoms with van der Waals surface area (Å²) in [5.74, 6) is 0. The van der Waals surface area contributed by atoms with Crippen molar-refractivity contribution in [3.8, 4) is 0 Å². The first-order chi connectivity index (χ1) is 8.97. The molecule has 0 heterocycles. The second-order valence-electron chi connectivity index (χ2n) is 5.43. The molecule has 100 valence electrons. The zero-order valence-corrected chi connectivity index (χ0v) is 12.9. The van der Waals surface area contributed by atoms with Gasteiger partial charge in [0, 0.05) is 0 Å². The summed E-state index contributed by atoms with van der Waals surface area (Å²) in [5.41, 5.74) is 7.81. The van der Waals surface area contributed by atoms with E-state index in [2.05, 4.69) is 64.1 Å². The molecular weight excluding hydrogens is 252 g/mol. The van der Waals surface area contributed by atoms with Gasteiger partial charge < -0.3 is 0 Å². The second kappa shape index (κ2) is 5.79. The molecule has 0 aromatic heterocycles. The van der Waals surface area contributed by atoms with Crippen LogP contribution in [0.3, 0.4) is 0 Å². The average Bonchev–Trinajstić information content (AvgIpc) is 2.37. The molecule has 2 aromatic carbocycles. The predicted molar refractivity (Wildman–Crippen MR) is 84.1 cm³/mol. The van der Waals surface area contributed by atoms with Gasteiger partial charge in [-0.05, 0) is 67.5 Å². The molecule has 1 atom stereocenters. The molecule has 0 aliphatic heterocycles. The zero-order chi connectivity index (χ0) is 14.0. The molecule has 0 saturated heterocycles. The van der Waals surface area contributed by atoms with Crippen molar-refractivity contribution >= 4 is 11.6 Å². The quantitative estimate of drug-likeness (QED) is 0.653. The molecule has 0 bridgehead atoms. The summed E-state index contributed by atoms with van der Waals surface area (Å²) in [5, 5.41) is 0.0430. The Morgan fingerprint density at radius 1 is 0.789 bits per heavy atom. The van der Waals surface area contributed by atoms with Crippen LogP contribution in [0, 0.1) is 27.7 Å². The van der Waals surface area contributed by atoms with Crippen molar-refractivity contribution in [2.75, 3.05) is 0 Å². The van der Waals surface area contributed by atoms with Crippen molar-refractivity contribution in [2.45, 2.75) is 39.5 Å². The highest BCUT2D eigenvalue weighted by molar-refractivity contribution is 6.20. The van der Waals surface area contributed by atoms with Crippen molar-refractivity contribution in [1.82, 2.24) is 0 Å². The van der Waals surface area contributed by atoms with Crippen LogP contribution >= 0.6 is 11.6 Å². The van der Waals surface area contributed by atoms with Crippen molar-refractivity contribution in [3.05, 3.63) is 69.8 Å². The number of hydrogen-bond donors (Lipinski definition) is 0. The van der Waals surface area contributed by atoms with E-state index in [1.54, 1.807) is 0 Å². The Labute approximate surface area is 121 Å². The van der Waals surface area contributed by atoms with E-state index in [-0.39, 0.29) is 5.38 Å². The van der Waals surface area contributed by atoms with Crippen LogP contribution in [-0.4, -0.2) is 0 Å². The van der Waals surface area contributed by atoms with Gasteiger partial charge in [-0.15, -0.1) is 11.6 Å². The lowest BCUT2D eigenvalue weighted by Gasteiger charge is -2.13. The summed E-state index contributed by atoms with van der Waals surface area (Å²) in [6.07, 6.45) is 0.880. The van der Waals surface area contributed by atoms with Crippen molar-refractivity contribution < 1.29 is 0 Å². The highest BCUT2D eigenvalue weighted by Crippen LogP contribution is 2.27. The first-order valence-electron chi connectivity index (χ1n) is 6.74. The van der Waals surface area contributed by atoms with Gasteiger partial charge in [0.15, 0.2) is 0 Å². The number of benzene rings is 2. The molecule has 0 fully saturated rings. The smallest absolute Gasteiger partial charge is 0.0625 e. The molecule has 0 amide bonds. The number of halogens is 1. The van der Waals surface area contributed by atoms with E-state index < -0.39 is 0 Å². The Morgan fingerprint density at radius 3 is 1.95 bits per heavy atom. The molecule has 0 spiro atoms. The van der Waals surface area contributed by atoms with Crippen LogP contribution in [0.1, 0.15) is 38.8 Å². The van der Waals surface area contributed by atoms with E-state index in [1.807, 2.05) is 0 Å². The maximum absolute atomic E-state index is 6.56. The second-order valence-corrected chi connectivity index (χ2v) is 5.96. The third-order valence-corrected chi connectivity index (χ3v) is 4.29. The van der Waals surface area contributed by atoms with Crippen LogP contribution < -0.4 is 0 Å². The Balaban J connectivity index is 2.17. The van der Waals surface area contributed by atoms with Crippen LogP contribution in [0.15, 0.2) is 36.4 Å². The lowest BCUT2D eigenvalue weighted by atomic mass is 9.98. The molecule has 0 nitrogen and oxygen atoms in total. The molecule has 0 saturated carbocycles. The fourth-order valence-corrected chi connectivity index (χ4v) is 2.53. The van der Waals surface area contributed by atoms with E-state index in [9.17, 15) is 0 Å². The largest absolute Gasteiger partial charge is 0.117 e. The normalized spacial score (nSPS) is 12.5. The van der Waals surface area contributed by atoms with Crippen LogP contribution in [0.2, 0.25) is 0 Å². The summed E-state index contributed by atoms with van der Waals surface area (Å²) in [6.45, 7) is 8.56. The van der Waals surface area contributed by atoms with Gasteiger partial charge in [-0.25, -0.2) is 0 Å². The maximum Gasteiger partial charge on any atom is 0.0625 e. The van der Waals surface area contributed by atoms with Gasteiger partial charge in [0.05, 0.1) is 5.38 Å². The predicted octanol–water partition coefficient (Wildman–Crippen LogP) is 5.44. The summed E-state index contributed by atoms with van der Waals surface area (Å²) < 4.78 is 0. The summed E-state index contributed by atoms with van der Waals surface area (Å²) >= 11 is 6.56. The standard InChI is InChI=1S/C18H21Cl/c1-12-5-7-16(9-14(12)3)11-18(19)17-8-6-13(2)15(4)10-17/h5-10,18H,11H2,1-4H3. The fourth-order valence-electron chi connectivity index (χ4n) is 2.21. The van der Waals surface area contributed by atoms with E-state index in [1.165, 1.54) is 33.4 Å². The van der Waals surface area contributed by atoms with Gasteiger partial charge in [0.1, 0.15) is 0 Å². The van der Waals surface area contributed by atoms with E-state index in [4.69, 9.17) is 11.6 Å². The Hall–Kier alpha value is -1.27. The van der Waals surface area contributed by atoms with Crippen LogP contribution in [0.5, 0.6) is 0 Å². The van der Waals surface area contributed by atoms with Gasteiger partial charge in [0.2, 0.25) is 0 Å². The molecule has 1 unspecified atom stereocenters. The summed E-state index contributed by atoms with van der Waals surface area (Å²) in [6, 6.07) is 13.1. The average molecular weight is 273 g/mol. The molecule has 19 heavy (non-hydrogen) atoms. The topological polar surface area (TPSA) is 0 Å². The minimum Gasteiger partial charge on any atom is -0.117 e. The van der Waals surface area contributed by atoms with Crippen molar-refractivity contribution in [2.24, 2.45) is 0 Å². The zero-order valence-electron chi connectivity index (χ0n) is 12.1. The maximum atomic E-state index is 6.56. The van der Waals surface area contributed by atoms with Gasteiger partial charge in [-0.2, -0.15) is 0 Å². The van der Waals surface area contributed by atoms with Crippen molar-refractivity contribution in [1.29, 1.82) is 0 Å². The number of aryl methyl sites for hydroxylation is 4. The number of hydrogen-bond acceptors (Lipinski definition) is 0. The fraction of sp³-hybridized carbons (Fsp3) is 0.333.